The average molecular weight is 431 g/mol. The van der Waals surface area contributed by atoms with E-state index in [4.69, 9.17) is 4.74 Å². The quantitative estimate of drug-likeness (QED) is 0.426. The van der Waals surface area contributed by atoms with Crippen LogP contribution >= 0.6 is 0 Å². The van der Waals surface area contributed by atoms with Gasteiger partial charge in [0, 0.05) is 18.2 Å². The summed E-state index contributed by atoms with van der Waals surface area (Å²) in [6.07, 6.45) is 3.38. The fourth-order valence-corrected chi connectivity index (χ4v) is 2.99. The van der Waals surface area contributed by atoms with Crippen molar-refractivity contribution in [3.05, 3.63) is 78.2 Å². The molecule has 0 fully saturated rings. The Kier molecular flexibility index (Phi) is 6.30. The van der Waals surface area contributed by atoms with Crippen molar-refractivity contribution in [1.82, 2.24) is 30.0 Å². The van der Waals surface area contributed by atoms with Crippen LogP contribution in [0.1, 0.15) is 23.0 Å². The fraction of sp³-hybridized carbons (Fsp3) is 0.182. The van der Waals surface area contributed by atoms with Crippen molar-refractivity contribution in [3.63, 3.8) is 0 Å². The molecule has 0 aliphatic rings. The smallest absolute Gasteiger partial charge is 0.302 e. The number of hydrogen-bond donors (Lipinski definition) is 1. The van der Waals surface area contributed by atoms with Crippen molar-refractivity contribution in [2.75, 3.05) is 11.9 Å². The molecule has 32 heavy (non-hydrogen) atoms. The maximum Gasteiger partial charge on any atom is 0.302 e. The molecular weight excluding hydrogens is 410 g/mol. The van der Waals surface area contributed by atoms with E-state index in [2.05, 4.69) is 25.9 Å². The van der Waals surface area contributed by atoms with Gasteiger partial charge in [0.05, 0.1) is 25.5 Å². The maximum atomic E-state index is 12.4. The molecule has 0 saturated carbocycles. The number of aromatic nitrogens is 6. The van der Waals surface area contributed by atoms with Crippen molar-refractivity contribution in [2.45, 2.75) is 20.0 Å². The molecule has 162 valence electrons. The van der Waals surface area contributed by atoms with Crippen LogP contribution in [0.2, 0.25) is 0 Å². The number of benzene rings is 2. The van der Waals surface area contributed by atoms with E-state index in [0.717, 1.165) is 16.8 Å². The molecule has 2 aromatic carbocycles. The van der Waals surface area contributed by atoms with Gasteiger partial charge >= 0.3 is 5.97 Å². The van der Waals surface area contributed by atoms with Gasteiger partial charge in [-0.3, -0.25) is 9.59 Å². The van der Waals surface area contributed by atoms with Gasteiger partial charge in [0.25, 0.3) is 5.91 Å². The number of hydrogen-bond acceptors (Lipinski definition) is 7. The first-order chi connectivity index (χ1) is 15.6. The number of ether oxygens (including phenoxy) is 1. The van der Waals surface area contributed by atoms with Crippen LogP contribution in [0, 0.1) is 0 Å². The minimum absolute atomic E-state index is 0.164. The van der Waals surface area contributed by atoms with Gasteiger partial charge in [0.15, 0.2) is 5.69 Å². The molecular formula is C22H21N7O3. The number of amides is 1. The summed E-state index contributed by atoms with van der Waals surface area (Å²) in [5.41, 5.74) is 3.56. The first kappa shape index (κ1) is 20.9. The summed E-state index contributed by atoms with van der Waals surface area (Å²) in [7, 11) is 0. The second-order valence-electron chi connectivity index (χ2n) is 7.03. The number of nitrogens with one attached hydrogen (secondary N) is 1. The normalized spacial score (nSPS) is 10.7. The van der Waals surface area contributed by atoms with Gasteiger partial charge < -0.3 is 10.1 Å². The Morgan fingerprint density at radius 3 is 2.44 bits per heavy atom. The SMILES string of the molecule is CC(=O)OCCn1cc(C(=O)Nc2ccc(-c3cn(Cc4ccccc4)nn3)cc2)nn1. The summed E-state index contributed by atoms with van der Waals surface area (Å²) in [5.74, 6) is -0.754. The van der Waals surface area contributed by atoms with Crippen molar-refractivity contribution in [1.29, 1.82) is 0 Å². The fourth-order valence-electron chi connectivity index (χ4n) is 2.99. The van der Waals surface area contributed by atoms with E-state index < -0.39 is 0 Å². The molecule has 10 heteroatoms. The third-order valence-electron chi connectivity index (χ3n) is 4.56. The lowest BCUT2D eigenvalue weighted by Gasteiger charge is -2.04. The molecule has 4 rings (SSSR count). The van der Waals surface area contributed by atoms with Gasteiger partial charge in [0.2, 0.25) is 0 Å². The Balaban J connectivity index is 1.34. The highest BCUT2D eigenvalue weighted by molar-refractivity contribution is 6.02. The number of esters is 1. The van der Waals surface area contributed by atoms with Gasteiger partial charge in [0.1, 0.15) is 12.3 Å². The highest BCUT2D eigenvalue weighted by atomic mass is 16.5. The lowest BCUT2D eigenvalue weighted by atomic mass is 10.1. The zero-order valence-corrected chi connectivity index (χ0v) is 17.4. The van der Waals surface area contributed by atoms with Crippen molar-refractivity contribution in [2.24, 2.45) is 0 Å². The zero-order valence-electron chi connectivity index (χ0n) is 17.4. The number of nitrogens with zero attached hydrogens (tertiary/aromatic N) is 6. The van der Waals surface area contributed by atoms with Crippen LogP contribution < -0.4 is 5.32 Å². The second kappa shape index (κ2) is 9.65. The van der Waals surface area contributed by atoms with Crippen LogP contribution in [-0.4, -0.2) is 48.5 Å². The van der Waals surface area contributed by atoms with E-state index in [1.165, 1.54) is 17.8 Å². The number of carbonyl (C=O) groups excluding carboxylic acids is 2. The minimum atomic E-state index is -0.384. The minimum Gasteiger partial charge on any atom is -0.464 e. The summed E-state index contributed by atoms with van der Waals surface area (Å²) in [6, 6.07) is 17.3. The lowest BCUT2D eigenvalue weighted by Crippen LogP contribution is -2.12. The topological polar surface area (TPSA) is 117 Å². The zero-order chi connectivity index (χ0) is 22.3. The van der Waals surface area contributed by atoms with Crippen LogP contribution in [0.15, 0.2) is 67.0 Å². The Morgan fingerprint density at radius 1 is 0.938 bits per heavy atom. The molecule has 0 aliphatic carbocycles. The Hall–Kier alpha value is -4.34. The highest BCUT2D eigenvalue weighted by Crippen LogP contribution is 2.19. The van der Waals surface area contributed by atoms with E-state index in [1.54, 1.807) is 16.8 Å². The molecule has 0 saturated heterocycles. The molecule has 0 bridgehead atoms. The largest absolute Gasteiger partial charge is 0.464 e. The monoisotopic (exact) mass is 431 g/mol. The average Bonchev–Trinajstić information content (AvgIpc) is 3.45. The molecule has 0 radical (unpaired) electrons. The standard InChI is InChI=1S/C22H21N7O3/c1-16(30)32-12-11-28-15-21(25-26-28)22(31)23-19-9-7-18(8-10-19)20-14-29(27-24-20)13-17-5-3-2-4-6-17/h2-10,14-15H,11-13H2,1H3,(H,23,31). The first-order valence-electron chi connectivity index (χ1n) is 9.96. The van der Waals surface area contributed by atoms with Crippen LogP contribution in [0.25, 0.3) is 11.3 Å². The van der Waals surface area contributed by atoms with E-state index in [0.29, 0.717) is 18.8 Å². The number of anilines is 1. The van der Waals surface area contributed by atoms with Crippen LogP contribution in [-0.2, 0) is 22.6 Å². The molecule has 4 aromatic rings. The van der Waals surface area contributed by atoms with Crippen molar-refractivity contribution < 1.29 is 14.3 Å². The predicted molar refractivity (Wildman–Crippen MR) is 116 cm³/mol. The van der Waals surface area contributed by atoms with E-state index in [1.807, 2.05) is 48.7 Å². The van der Waals surface area contributed by atoms with Gasteiger partial charge in [-0.15, -0.1) is 10.2 Å². The molecule has 0 spiro atoms. The molecule has 0 unspecified atom stereocenters. The molecule has 0 aliphatic heterocycles. The second-order valence-corrected chi connectivity index (χ2v) is 7.03. The van der Waals surface area contributed by atoms with Crippen LogP contribution in [0.3, 0.4) is 0 Å². The number of rotatable bonds is 8. The van der Waals surface area contributed by atoms with Crippen molar-refractivity contribution >= 4 is 17.6 Å². The van der Waals surface area contributed by atoms with E-state index in [9.17, 15) is 9.59 Å². The third kappa shape index (κ3) is 5.42. The Bertz CT molecular complexity index is 1200. The Labute approximate surface area is 183 Å². The summed E-state index contributed by atoms with van der Waals surface area (Å²) in [4.78, 5) is 23.2. The molecule has 10 nitrogen and oxygen atoms in total. The molecule has 2 heterocycles. The predicted octanol–water partition coefficient (Wildman–Crippen LogP) is 2.40. The van der Waals surface area contributed by atoms with Gasteiger partial charge in [-0.1, -0.05) is 52.9 Å². The summed E-state index contributed by atoms with van der Waals surface area (Å²) >= 11 is 0. The summed E-state index contributed by atoms with van der Waals surface area (Å²) in [5, 5.41) is 18.9. The van der Waals surface area contributed by atoms with E-state index in [-0.39, 0.29) is 24.2 Å². The van der Waals surface area contributed by atoms with Gasteiger partial charge in [-0.25, -0.2) is 9.36 Å². The van der Waals surface area contributed by atoms with Crippen LogP contribution in [0.4, 0.5) is 5.69 Å². The van der Waals surface area contributed by atoms with Crippen molar-refractivity contribution in [3.8, 4) is 11.3 Å². The first-order valence-corrected chi connectivity index (χ1v) is 9.96. The Morgan fingerprint density at radius 2 is 1.69 bits per heavy atom. The maximum absolute atomic E-state index is 12.4. The lowest BCUT2D eigenvalue weighted by molar-refractivity contribution is -0.141. The summed E-state index contributed by atoms with van der Waals surface area (Å²) in [6.45, 7) is 2.46. The molecule has 1 amide bonds. The summed E-state index contributed by atoms with van der Waals surface area (Å²) < 4.78 is 8.08. The van der Waals surface area contributed by atoms with Gasteiger partial charge in [-0.05, 0) is 17.7 Å². The van der Waals surface area contributed by atoms with Gasteiger partial charge in [-0.2, -0.15) is 0 Å². The molecule has 0 atom stereocenters. The molecule has 1 N–H and O–H groups in total. The third-order valence-corrected chi connectivity index (χ3v) is 4.56. The van der Waals surface area contributed by atoms with Crippen LogP contribution in [0.5, 0.6) is 0 Å². The molecule has 2 aromatic heterocycles. The highest BCUT2D eigenvalue weighted by Gasteiger charge is 2.12. The van der Waals surface area contributed by atoms with E-state index >= 15 is 0 Å². The number of carbonyl (C=O) groups is 2.